The summed E-state index contributed by atoms with van der Waals surface area (Å²) in [4.78, 5) is 6.76. The monoisotopic (exact) mass is 207 g/mol. The molecule has 15 heavy (non-hydrogen) atoms. The number of aryl methyl sites for hydroxylation is 1. The van der Waals surface area contributed by atoms with E-state index in [2.05, 4.69) is 35.3 Å². The second-order valence-electron chi connectivity index (χ2n) is 4.83. The molecule has 0 saturated carbocycles. The molecule has 0 N–H and O–H groups in total. The smallest absolute Gasteiger partial charge is 0.0945 e. The number of imidazole rings is 1. The number of hydrogen-bond donors (Lipinski definition) is 0. The van der Waals surface area contributed by atoms with Gasteiger partial charge in [0.2, 0.25) is 0 Å². The van der Waals surface area contributed by atoms with Crippen molar-refractivity contribution < 1.29 is 0 Å². The van der Waals surface area contributed by atoms with Crippen LogP contribution in [0, 0.1) is 0 Å². The Morgan fingerprint density at radius 1 is 1.33 bits per heavy atom. The zero-order chi connectivity index (χ0) is 10.8. The van der Waals surface area contributed by atoms with E-state index in [0.717, 1.165) is 0 Å². The first kappa shape index (κ1) is 10.7. The molecule has 1 aliphatic heterocycles. The van der Waals surface area contributed by atoms with Gasteiger partial charge in [0.15, 0.2) is 0 Å². The third-order valence-electron chi connectivity index (χ3n) is 3.53. The molecule has 84 valence electrons. The van der Waals surface area contributed by atoms with E-state index in [9.17, 15) is 0 Å². The molecule has 2 heterocycles. The zero-order valence-electron chi connectivity index (χ0n) is 9.98. The minimum atomic E-state index is 0.692. The van der Waals surface area contributed by atoms with Crippen LogP contribution in [0.3, 0.4) is 0 Å². The zero-order valence-corrected chi connectivity index (χ0v) is 9.98. The van der Waals surface area contributed by atoms with Crippen molar-refractivity contribution in [1.29, 1.82) is 0 Å². The summed E-state index contributed by atoms with van der Waals surface area (Å²) in [6.07, 6.45) is 6.48. The van der Waals surface area contributed by atoms with Crippen LogP contribution in [0.25, 0.3) is 0 Å². The van der Waals surface area contributed by atoms with Gasteiger partial charge in [0, 0.05) is 30.9 Å². The van der Waals surface area contributed by atoms with Crippen LogP contribution in [-0.4, -0.2) is 33.6 Å². The first-order valence-corrected chi connectivity index (χ1v) is 5.88. The van der Waals surface area contributed by atoms with Crippen LogP contribution < -0.4 is 0 Å². The summed E-state index contributed by atoms with van der Waals surface area (Å²) >= 11 is 0. The number of hydrogen-bond acceptors (Lipinski definition) is 2. The fourth-order valence-corrected chi connectivity index (χ4v) is 2.47. The Balaban J connectivity index is 1.97. The number of aromatic nitrogens is 2. The lowest BCUT2D eigenvalue weighted by atomic mass is 9.93. The highest BCUT2D eigenvalue weighted by Crippen LogP contribution is 2.27. The normalized spacial score (nSPS) is 20.0. The summed E-state index contributed by atoms with van der Waals surface area (Å²) in [5, 5.41) is 0. The van der Waals surface area contributed by atoms with Crippen LogP contribution in [0.2, 0.25) is 0 Å². The molecule has 1 aromatic heterocycles. The summed E-state index contributed by atoms with van der Waals surface area (Å²) < 4.78 is 2.16. The quantitative estimate of drug-likeness (QED) is 0.739. The van der Waals surface area contributed by atoms with E-state index < -0.39 is 0 Å². The molecule has 0 atom stereocenters. The summed E-state index contributed by atoms with van der Waals surface area (Å²) in [5.74, 6) is 0.715. The Hall–Kier alpha value is -0.830. The predicted molar refractivity (Wildman–Crippen MR) is 61.9 cm³/mol. The minimum Gasteiger partial charge on any atom is -0.337 e. The van der Waals surface area contributed by atoms with Crippen molar-refractivity contribution in [1.82, 2.24) is 14.5 Å². The minimum absolute atomic E-state index is 0.692. The largest absolute Gasteiger partial charge is 0.337 e. The maximum absolute atomic E-state index is 4.20. The third-order valence-corrected chi connectivity index (χ3v) is 3.53. The first-order chi connectivity index (χ1) is 7.18. The van der Waals surface area contributed by atoms with Crippen LogP contribution in [0.15, 0.2) is 12.5 Å². The summed E-state index contributed by atoms with van der Waals surface area (Å²) in [6.45, 7) is 7.02. The molecule has 1 fully saturated rings. The predicted octanol–water partition coefficient (Wildman–Crippen LogP) is 2.01. The highest BCUT2D eigenvalue weighted by atomic mass is 15.2. The van der Waals surface area contributed by atoms with Gasteiger partial charge in [-0.1, -0.05) is 0 Å². The van der Waals surface area contributed by atoms with Gasteiger partial charge < -0.3 is 9.47 Å². The van der Waals surface area contributed by atoms with Crippen molar-refractivity contribution >= 4 is 0 Å². The van der Waals surface area contributed by atoms with E-state index in [0.29, 0.717) is 12.0 Å². The molecule has 0 bridgehead atoms. The molecule has 2 rings (SSSR count). The Labute approximate surface area is 92.1 Å². The van der Waals surface area contributed by atoms with Crippen molar-refractivity contribution in [3.63, 3.8) is 0 Å². The molecular weight excluding hydrogens is 186 g/mol. The van der Waals surface area contributed by atoms with Crippen LogP contribution in [0.5, 0.6) is 0 Å². The lowest BCUT2D eigenvalue weighted by Crippen LogP contribution is -2.38. The lowest BCUT2D eigenvalue weighted by Gasteiger charge is -2.34. The molecule has 0 unspecified atom stereocenters. The van der Waals surface area contributed by atoms with Gasteiger partial charge in [-0.25, -0.2) is 4.98 Å². The highest BCUT2D eigenvalue weighted by molar-refractivity contribution is 5.07. The SMILES string of the molecule is CC(C)N1CCC(c2cncn2C)CC1. The number of likely N-dealkylation sites (tertiary alicyclic amines) is 1. The molecule has 0 aromatic carbocycles. The van der Waals surface area contributed by atoms with E-state index in [-0.39, 0.29) is 0 Å². The van der Waals surface area contributed by atoms with Crippen molar-refractivity contribution in [3.05, 3.63) is 18.2 Å². The van der Waals surface area contributed by atoms with Crippen LogP contribution >= 0.6 is 0 Å². The van der Waals surface area contributed by atoms with E-state index in [1.807, 2.05) is 12.5 Å². The van der Waals surface area contributed by atoms with Gasteiger partial charge in [-0.15, -0.1) is 0 Å². The molecule has 1 aliphatic rings. The standard InChI is InChI=1S/C12H21N3/c1-10(2)15-6-4-11(5-7-15)12-8-13-9-14(12)3/h8-11H,4-7H2,1-3H3. The maximum Gasteiger partial charge on any atom is 0.0945 e. The van der Waals surface area contributed by atoms with Gasteiger partial charge in [-0.2, -0.15) is 0 Å². The third kappa shape index (κ3) is 2.23. The fourth-order valence-electron chi connectivity index (χ4n) is 2.47. The van der Waals surface area contributed by atoms with E-state index >= 15 is 0 Å². The molecule has 0 amide bonds. The Bertz CT molecular complexity index is 308. The first-order valence-electron chi connectivity index (χ1n) is 5.88. The van der Waals surface area contributed by atoms with Crippen molar-refractivity contribution in [3.8, 4) is 0 Å². The van der Waals surface area contributed by atoms with Crippen LogP contribution in [-0.2, 0) is 7.05 Å². The van der Waals surface area contributed by atoms with Gasteiger partial charge >= 0.3 is 0 Å². The Kier molecular flexibility index (Phi) is 3.10. The summed E-state index contributed by atoms with van der Waals surface area (Å²) in [6, 6.07) is 0.692. The van der Waals surface area contributed by atoms with Gasteiger partial charge in [-0.05, 0) is 39.8 Å². The van der Waals surface area contributed by atoms with Crippen molar-refractivity contribution in [2.75, 3.05) is 13.1 Å². The maximum atomic E-state index is 4.20. The van der Waals surface area contributed by atoms with E-state index in [1.165, 1.54) is 31.6 Å². The average Bonchev–Trinajstić information content (AvgIpc) is 2.65. The van der Waals surface area contributed by atoms with E-state index in [1.54, 1.807) is 0 Å². The molecule has 1 saturated heterocycles. The fraction of sp³-hybridized carbons (Fsp3) is 0.750. The molecular formula is C12H21N3. The van der Waals surface area contributed by atoms with Gasteiger partial charge in [-0.3, -0.25) is 0 Å². The number of rotatable bonds is 2. The Morgan fingerprint density at radius 3 is 2.47 bits per heavy atom. The topological polar surface area (TPSA) is 21.1 Å². The second-order valence-corrected chi connectivity index (χ2v) is 4.83. The average molecular weight is 207 g/mol. The molecule has 3 heteroatoms. The van der Waals surface area contributed by atoms with Crippen molar-refractivity contribution in [2.45, 2.75) is 38.6 Å². The van der Waals surface area contributed by atoms with E-state index in [4.69, 9.17) is 0 Å². The molecule has 0 radical (unpaired) electrons. The van der Waals surface area contributed by atoms with Crippen LogP contribution in [0.1, 0.15) is 38.3 Å². The van der Waals surface area contributed by atoms with Gasteiger partial charge in [0.05, 0.1) is 6.33 Å². The highest BCUT2D eigenvalue weighted by Gasteiger charge is 2.23. The molecule has 0 spiro atoms. The molecule has 3 nitrogen and oxygen atoms in total. The second kappa shape index (κ2) is 4.35. The van der Waals surface area contributed by atoms with Gasteiger partial charge in [0.1, 0.15) is 0 Å². The summed E-state index contributed by atoms with van der Waals surface area (Å²) in [5.41, 5.74) is 1.40. The van der Waals surface area contributed by atoms with Crippen molar-refractivity contribution in [2.24, 2.45) is 7.05 Å². The van der Waals surface area contributed by atoms with Crippen LogP contribution in [0.4, 0.5) is 0 Å². The number of piperidine rings is 1. The number of nitrogens with zero attached hydrogens (tertiary/aromatic N) is 3. The summed E-state index contributed by atoms with van der Waals surface area (Å²) in [7, 11) is 2.09. The van der Waals surface area contributed by atoms with Gasteiger partial charge in [0.25, 0.3) is 0 Å². The Morgan fingerprint density at radius 2 is 2.00 bits per heavy atom. The molecule has 0 aliphatic carbocycles. The molecule has 1 aromatic rings. The lowest BCUT2D eigenvalue weighted by molar-refractivity contribution is 0.170.